The van der Waals surface area contributed by atoms with E-state index in [1.165, 1.54) is 0 Å². The van der Waals surface area contributed by atoms with E-state index in [1.54, 1.807) is 4.90 Å². The number of carbonyl (C=O) groups excluding carboxylic acids is 1. The number of nitrogens with zero attached hydrogens (tertiary/aromatic N) is 1. The van der Waals surface area contributed by atoms with Crippen molar-refractivity contribution in [2.75, 3.05) is 6.54 Å². The largest absolute Gasteiger partial charge is 0.339 e. The highest BCUT2D eigenvalue weighted by atomic mass is 35.5. The van der Waals surface area contributed by atoms with Gasteiger partial charge in [-0.3, -0.25) is 4.79 Å². The van der Waals surface area contributed by atoms with E-state index in [1.807, 2.05) is 38.1 Å². The van der Waals surface area contributed by atoms with Crippen molar-refractivity contribution in [3.05, 3.63) is 34.9 Å². The minimum absolute atomic E-state index is 0. The third-order valence-electron chi connectivity index (χ3n) is 2.55. The molecule has 0 bridgehead atoms. The smallest absolute Gasteiger partial charge is 0.224 e. The molecule has 3 nitrogen and oxygen atoms in total. The summed E-state index contributed by atoms with van der Waals surface area (Å²) in [6.45, 7) is 5.00. The maximum atomic E-state index is 11.9. The van der Waals surface area contributed by atoms with E-state index in [2.05, 4.69) is 0 Å². The molecular formula is C13H20Cl2N2O. The summed E-state index contributed by atoms with van der Waals surface area (Å²) in [6.07, 6.45) is 0.373. The van der Waals surface area contributed by atoms with Gasteiger partial charge in [0.1, 0.15) is 0 Å². The van der Waals surface area contributed by atoms with Crippen LogP contribution in [0.15, 0.2) is 24.3 Å². The molecule has 1 atom stereocenters. The zero-order valence-electron chi connectivity index (χ0n) is 10.7. The zero-order valence-corrected chi connectivity index (χ0v) is 12.3. The van der Waals surface area contributed by atoms with Crippen LogP contribution in [0.5, 0.6) is 0 Å². The number of hydrogen-bond donors (Lipinski definition) is 1. The van der Waals surface area contributed by atoms with Gasteiger partial charge in [0.15, 0.2) is 0 Å². The molecule has 1 aromatic rings. The van der Waals surface area contributed by atoms with Crippen molar-refractivity contribution in [2.45, 2.75) is 32.9 Å². The summed E-state index contributed by atoms with van der Waals surface area (Å²) in [5.74, 6) is 0.0717. The third kappa shape index (κ3) is 5.25. The van der Waals surface area contributed by atoms with Crippen LogP contribution in [0.2, 0.25) is 5.02 Å². The number of carbonyl (C=O) groups is 1. The molecule has 102 valence electrons. The Kier molecular flexibility index (Phi) is 8.00. The number of rotatable bonds is 5. The van der Waals surface area contributed by atoms with Gasteiger partial charge in [-0.25, -0.2) is 0 Å². The number of nitrogens with two attached hydrogens (primary N) is 1. The Morgan fingerprint density at radius 1 is 1.44 bits per heavy atom. The summed E-state index contributed by atoms with van der Waals surface area (Å²) in [5.41, 5.74) is 6.60. The second kappa shape index (κ2) is 8.35. The molecule has 0 aliphatic rings. The molecule has 1 aromatic carbocycles. The van der Waals surface area contributed by atoms with Crippen molar-refractivity contribution in [1.29, 1.82) is 0 Å². The molecule has 0 radical (unpaired) electrons. The number of amides is 1. The third-order valence-corrected chi connectivity index (χ3v) is 2.92. The second-order valence-electron chi connectivity index (χ2n) is 4.18. The molecule has 0 aliphatic heterocycles. The first-order valence-electron chi connectivity index (χ1n) is 5.81. The van der Waals surface area contributed by atoms with E-state index in [9.17, 15) is 4.79 Å². The van der Waals surface area contributed by atoms with Crippen LogP contribution in [-0.4, -0.2) is 23.4 Å². The maximum Gasteiger partial charge on any atom is 0.224 e. The van der Waals surface area contributed by atoms with Gasteiger partial charge in [0, 0.05) is 30.6 Å². The van der Waals surface area contributed by atoms with Crippen molar-refractivity contribution in [3.63, 3.8) is 0 Å². The van der Waals surface area contributed by atoms with E-state index >= 15 is 0 Å². The fraction of sp³-hybridized carbons (Fsp3) is 0.462. The van der Waals surface area contributed by atoms with Gasteiger partial charge >= 0.3 is 0 Å². The van der Waals surface area contributed by atoms with Crippen LogP contribution in [-0.2, 0) is 11.3 Å². The zero-order chi connectivity index (χ0) is 12.8. The Morgan fingerprint density at radius 2 is 2.06 bits per heavy atom. The lowest BCUT2D eigenvalue weighted by molar-refractivity contribution is -0.131. The lowest BCUT2D eigenvalue weighted by Crippen LogP contribution is -2.34. The number of halogens is 2. The van der Waals surface area contributed by atoms with Gasteiger partial charge in [0.05, 0.1) is 0 Å². The fourth-order valence-electron chi connectivity index (χ4n) is 1.61. The van der Waals surface area contributed by atoms with Crippen LogP contribution in [0, 0.1) is 0 Å². The Labute approximate surface area is 120 Å². The first-order valence-corrected chi connectivity index (χ1v) is 6.19. The summed E-state index contributed by atoms with van der Waals surface area (Å²) in [7, 11) is 0. The van der Waals surface area contributed by atoms with Crippen molar-refractivity contribution in [1.82, 2.24) is 4.90 Å². The Bertz CT molecular complexity index is 383. The number of benzene rings is 1. The molecule has 0 saturated heterocycles. The molecule has 2 N–H and O–H groups in total. The Balaban J connectivity index is 0.00000289. The Hall–Kier alpha value is -0.770. The second-order valence-corrected chi connectivity index (χ2v) is 4.59. The van der Waals surface area contributed by atoms with Gasteiger partial charge in [-0.15, -0.1) is 12.4 Å². The highest BCUT2D eigenvalue weighted by Gasteiger charge is 2.14. The SMILES string of the molecule is CCN(Cc1ccccc1Cl)C(=O)CC(C)N.Cl. The van der Waals surface area contributed by atoms with Crippen molar-refractivity contribution >= 4 is 29.9 Å². The molecule has 0 fully saturated rings. The van der Waals surface area contributed by atoms with E-state index in [4.69, 9.17) is 17.3 Å². The van der Waals surface area contributed by atoms with Crippen LogP contribution in [0.4, 0.5) is 0 Å². The molecule has 0 saturated carbocycles. The standard InChI is InChI=1S/C13H19ClN2O.ClH/c1-3-16(13(17)8-10(2)15)9-11-6-4-5-7-12(11)14;/h4-7,10H,3,8-9,15H2,1-2H3;1H. The summed E-state index contributed by atoms with van der Waals surface area (Å²) < 4.78 is 0. The predicted octanol–water partition coefficient (Wildman–Crippen LogP) is 2.85. The van der Waals surface area contributed by atoms with Crippen LogP contribution in [0.25, 0.3) is 0 Å². The summed E-state index contributed by atoms with van der Waals surface area (Å²) in [4.78, 5) is 13.7. The molecule has 5 heteroatoms. The van der Waals surface area contributed by atoms with E-state index < -0.39 is 0 Å². The quantitative estimate of drug-likeness (QED) is 0.906. The van der Waals surface area contributed by atoms with Crippen LogP contribution in [0.3, 0.4) is 0 Å². The van der Waals surface area contributed by atoms with Crippen LogP contribution >= 0.6 is 24.0 Å². The molecule has 0 aromatic heterocycles. The monoisotopic (exact) mass is 290 g/mol. The molecule has 0 aliphatic carbocycles. The number of hydrogen-bond acceptors (Lipinski definition) is 2. The predicted molar refractivity (Wildman–Crippen MR) is 78.1 cm³/mol. The van der Waals surface area contributed by atoms with E-state index in [0.29, 0.717) is 24.5 Å². The fourth-order valence-corrected chi connectivity index (χ4v) is 1.81. The van der Waals surface area contributed by atoms with Gasteiger partial charge in [-0.05, 0) is 25.5 Å². The van der Waals surface area contributed by atoms with Gasteiger partial charge < -0.3 is 10.6 Å². The van der Waals surface area contributed by atoms with Crippen molar-refractivity contribution in [3.8, 4) is 0 Å². The topological polar surface area (TPSA) is 46.3 Å². The van der Waals surface area contributed by atoms with Crippen molar-refractivity contribution < 1.29 is 4.79 Å². The first kappa shape index (κ1) is 17.2. The lowest BCUT2D eigenvalue weighted by atomic mass is 10.2. The maximum absolute atomic E-state index is 11.9. The minimum atomic E-state index is -0.109. The molecule has 18 heavy (non-hydrogen) atoms. The average molecular weight is 291 g/mol. The van der Waals surface area contributed by atoms with Crippen LogP contribution < -0.4 is 5.73 Å². The highest BCUT2D eigenvalue weighted by molar-refractivity contribution is 6.31. The molecule has 0 heterocycles. The van der Waals surface area contributed by atoms with Gasteiger partial charge in [-0.2, -0.15) is 0 Å². The van der Waals surface area contributed by atoms with E-state index in [-0.39, 0.29) is 24.4 Å². The molecular weight excluding hydrogens is 271 g/mol. The molecule has 0 spiro atoms. The van der Waals surface area contributed by atoms with Gasteiger partial charge in [-0.1, -0.05) is 29.8 Å². The van der Waals surface area contributed by atoms with Gasteiger partial charge in [0.25, 0.3) is 0 Å². The normalized spacial score (nSPS) is 11.6. The van der Waals surface area contributed by atoms with Crippen molar-refractivity contribution in [2.24, 2.45) is 5.73 Å². The minimum Gasteiger partial charge on any atom is -0.339 e. The average Bonchev–Trinajstić information content (AvgIpc) is 2.27. The molecule has 1 amide bonds. The Morgan fingerprint density at radius 3 is 2.56 bits per heavy atom. The molecule has 1 rings (SSSR count). The lowest BCUT2D eigenvalue weighted by Gasteiger charge is -2.22. The van der Waals surface area contributed by atoms with E-state index in [0.717, 1.165) is 5.56 Å². The van der Waals surface area contributed by atoms with Crippen LogP contribution in [0.1, 0.15) is 25.8 Å². The summed E-state index contributed by atoms with van der Waals surface area (Å²) in [6, 6.07) is 7.46. The first-order chi connectivity index (χ1) is 8.04. The summed E-state index contributed by atoms with van der Waals surface area (Å²) in [5, 5.41) is 0.694. The van der Waals surface area contributed by atoms with Gasteiger partial charge in [0.2, 0.25) is 5.91 Å². The molecule has 1 unspecified atom stereocenters. The summed E-state index contributed by atoms with van der Waals surface area (Å²) >= 11 is 6.07. The highest BCUT2D eigenvalue weighted by Crippen LogP contribution is 2.17.